The first-order valence-corrected chi connectivity index (χ1v) is 30.9. The van der Waals surface area contributed by atoms with Crippen molar-refractivity contribution in [3.8, 4) is 0 Å². The van der Waals surface area contributed by atoms with Crippen LogP contribution >= 0.6 is 0 Å². The second-order valence-corrected chi connectivity index (χ2v) is 21.8. The minimum Gasteiger partial charge on any atom is -0.462 e. The first-order valence-electron chi connectivity index (χ1n) is 30.9. The molecule has 0 aliphatic rings. The van der Waals surface area contributed by atoms with Crippen LogP contribution in [0.3, 0.4) is 0 Å². The van der Waals surface area contributed by atoms with Crippen molar-refractivity contribution in [2.45, 2.75) is 361 Å². The topological polar surface area (TPSA) is 78.9 Å². The maximum atomic E-state index is 12.9. The van der Waals surface area contributed by atoms with Gasteiger partial charge in [0.1, 0.15) is 13.2 Å². The lowest BCUT2D eigenvalue weighted by molar-refractivity contribution is -0.167. The first kappa shape index (κ1) is 66.4. The Balaban J connectivity index is 4.28. The molecule has 6 heteroatoms. The van der Waals surface area contributed by atoms with E-state index in [1.54, 1.807) is 0 Å². The third kappa shape index (κ3) is 55.3. The minimum absolute atomic E-state index is 0.0613. The van der Waals surface area contributed by atoms with Crippen molar-refractivity contribution in [1.82, 2.24) is 0 Å². The highest BCUT2D eigenvalue weighted by Gasteiger charge is 2.19. The highest BCUT2D eigenvalue weighted by atomic mass is 16.6. The van der Waals surface area contributed by atoms with Gasteiger partial charge in [-0.2, -0.15) is 0 Å². The van der Waals surface area contributed by atoms with E-state index in [2.05, 4.69) is 27.7 Å². The van der Waals surface area contributed by atoms with Crippen molar-refractivity contribution in [3.05, 3.63) is 0 Å². The summed E-state index contributed by atoms with van der Waals surface area (Å²) in [4.78, 5) is 38.2. The fraction of sp³-hybridized carbons (Fsp3) is 0.952. The van der Waals surface area contributed by atoms with Crippen LogP contribution < -0.4 is 0 Å². The minimum atomic E-state index is -0.762. The summed E-state index contributed by atoms with van der Waals surface area (Å²) in [7, 11) is 0. The summed E-state index contributed by atoms with van der Waals surface area (Å²) in [6.45, 7) is 9.09. The van der Waals surface area contributed by atoms with Crippen molar-refractivity contribution in [2.75, 3.05) is 13.2 Å². The number of hydrogen-bond donors (Lipinski definition) is 0. The molecule has 0 saturated heterocycles. The molecule has 404 valence electrons. The van der Waals surface area contributed by atoms with Gasteiger partial charge in [0.15, 0.2) is 6.10 Å². The SMILES string of the molecule is CCCCCCCCCCCCCCCCCCCC(=O)OC[C@@H](COC(=O)CCCCCCCCCCCCCCCC)OC(=O)CCCCCCCCCCCCCCCCCCC(C)C. The van der Waals surface area contributed by atoms with E-state index >= 15 is 0 Å². The standard InChI is InChI=1S/C62H120O6/c1-5-7-9-11-13-15-17-19-21-22-26-30-34-38-42-46-50-54-61(64)67-57-59(56-66-60(63)53-49-45-41-37-33-29-20-18-16-14-12-10-8-6-2)68-62(65)55-51-47-43-39-35-31-27-24-23-25-28-32-36-40-44-48-52-58(3)4/h58-59H,5-57H2,1-4H3/t59-/m1/s1. The Hall–Kier alpha value is -1.59. The predicted molar refractivity (Wildman–Crippen MR) is 293 cm³/mol. The lowest BCUT2D eigenvalue weighted by Crippen LogP contribution is -2.30. The van der Waals surface area contributed by atoms with Crippen LogP contribution in [0.15, 0.2) is 0 Å². The highest BCUT2D eigenvalue weighted by molar-refractivity contribution is 5.71. The van der Waals surface area contributed by atoms with Crippen LogP contribution in [0.5, 0.6) is 0 Å². The van der Waals surface area contributed by atoms with Crippen LogP contribution in [0, 0.1) is 5.92 Å². The Morgan fingerprint density at radius 2 is 0.485 bits per heavy atom. The summed E-state index contributed by atoms with van der Waals surface area (Å²) < 4.78 is 16.9. The highest BCUT2D eigenvalue weighted by Crippen LogP contribution is 2.18. The second-order valence-electron chi connectivity index (χ2n) is 21.8. The first-order chi connectivity index (χ1) is 33.4. The number of esters is 3. The van der Waals surface area contributed by atoms with E-state index in [1.165, 1.54) is 250 Å². The largest absolute Gasteiger partial charge is 0.462 e. The van der Waals surface area contributed by atoms with E-state index in [0.29, 0.717) is 19.3 Å². The summed E-state index contributed by atoms with van der Waals surface area (Å²) in [6, 6.07) is 0. The van der Waals surface area contributed by atoms with Gasteiger partial charge in [-0.05, 0) is 25.2 Å². The number of ether oxygens (including phenoxy) is 3. The third-order valence-corrected chi connectivity index (χ3v) is 14.3. The summed E-state index contributed by atoms with van der Waals surface area (Å²) >= 11 is 0. The fourth-order valence-corrected chi connectivity index (χ4v) is 9.63. The molecule has 0 rings (SSSR count). The molecule has 0 aliphatic carbocycles. The van der Waals surface area contributed by atoms with E-state index in [0.717, 1.165) is 63.7 Å². The van der Waals surface area contributed by atoms with Crippen LogP contribution in [0.1, 0.15) is 355 Å². The van der Waals surface area contributed by atoms with Crippen molar-refractivity contribution in [1.29, 1.82) is 0 Å². The van der Waals surface area contributed by atoms with Crippen molar-refractivity contribution < 1.29 is 28.6 Å². The van der Waals surface area contributed by atoms with Crippen LogP contribution in [-0.4, -0.2) is 37.2 Å². The molecule has 0 unspecified atom stereocenters. The molecule has 0 bridgehead atoms. The van der Waals surface area contributed by atoms with Crippen molar-refractivity contribution >= 4 is 17.9 Å². The average Bonchev–Trinajstić information content (AvgIpc) is 3.32. The van der Waals surface area contributed by atoms with Gasteiger partial charge in [-0.25, -0.2) is 0 Å². The van der Waals surface area contributed by atoms with E-state index in [1.807, 2.05) is 0 Å². The van der Waals surface area contributed by atoms with Crippen LogP contribution in [0.4, 0.5) is 0 Å². The van der Waals surface area contributed by atoms with E-state index in [9.17, 15) is 14.4 Å². The Morgan fingerprint density at radius 1 is 0.279 bits per heavy atom. The molecule has 0 aromatic rings. The van der Waals surface area contributed by atoms with Crippen molar-refractivity contribution in [3.63, 3.8) is 0 Å². The van der Waals surface area contributed by atoms with Gasteiger partial charge in [-0.15, -0.1) is 0 Å². The maximum Gasteiger partial charge on any atom is 0.306 e. The van der Waals surface area contributed by atoms with Crippen LogP contribution in [0.2, 0.25) is 0 Å². The molecule has 0 saturated carbocycles. The summed E-state index contributed by atoms with van der Waals surface area (Å²) in [5, 5.41) is 0. The molecule has 0 radical (unpaired) electrons. The number of carbonyl (C=O) groups is 3. The smallest absolute Gasteiger partial charge is 0.306 e. The van der Waals surface area contributed by atoms with Crippen molar-refractivity contribution in [2.24, 2.45) is 5.92 Å². The average molecular weight is 962 g/mol. The van der Waals surface area contributed by atoms with Gasteiger partial charge in [-0.1, -0.05) is 317 Å². The molecule has 68 heavy (non-hydrogen) atoms. The molecule has 6 nitrogen and oxygen atoms in total. The Morgan fingerprint density at radius 3 is 0.721 bits per heavy atom. The van der Waals surface area contributed by atoms with E-state index in [4.69, 9.17) is 14.2 Å². The summed E-state index contributed by atoms with van der Waals surface area (Å²) in [5.41, 5.74) is 0. The molecule has 0 fully saturated rings. The Bertz CT molecular complexity index is 1030. The number of unbranched alkanes of at least 4 members (excludes halogenated alkanes) is 44. The Labute approximate surface area is 425 Å². The fourth-order valence-electron chi connectivity index (χ4n) is 9.63. The van der Waals surface area contributed by atoms with Gasteiger partial charge in [0.2, 0.25) is 0 Å². The van der Waals surface area contributed by atoms with Gasteiger partial charge in [0.25, 0.3) is 0 Å². The molecule has 1 atom stereocenters. The molecule has 0 heterocycles. The maximum absolute atomic E-state index is 12.9. The predicted octanol–water partition coefficient (Wildman–Crippen LogP) is 20.6. The zero-order valence-corrected chi connectivity index (χ0v) is 46.6. The quantitative estimate of drug-likeness (QED) is 0.0343. The monoisotopic (exact) mass is 961 g/mol. The summed E-state index contributed by atoms with van der Waals surface area (Å²) in [6.07, 6.45) is 62.4. The summed E-state index contributed by atoms with van der Waals surface area (Å²) in [5.74, 6) is 0.0223. The third-order valence-electron chi connectivity index (χ3n) is 14.3. The molecule has 0 amide bonds. The lowest BCUT2D eigenvalue weighted by Gasteiger charge is -2.18. The normalized spacial score (nSPS) is 12.0. The molecular formula is C62H120O6. The van der Waals surface area contributed by atoms with Gasteiger partial charge >= 0.3 is 17.9 Å². The number of carbonyl (C=O) groups excluding carboxylic acids is 3. The second kappa shape index (κ2) is 56.3. The molecule has 0 aromatic carbocycles. The molecule has 0 aliphatic heterocycles. The van der Waals surface area contributed by atoms with E-state index < -0.39 is 6.10 Å². The van der Waals surface area contributed by atoms with E-state index in [-0.39, 0.29) is 31.1 Å². The Kier molecular flexibility index (Phi) is 55.0. The van der Waals surface area contributed by atoms with Gasteiger partial charge in [0.05, 0.1) is 0 Å². The number of rotatable bonds is 57. The number of hydrogen-bond acceptors (Lipinski definition) is 6. The zero-order valence-electron chi connectivity index (χ0n) is 46.6. The molecule has 0 aromatic heterocycles. The van der Waals surface area contributed by atoms with Gasteiger partial charge in [0, 0.05) is 19.3 Å². The van der Waals surface area contributed by atoms with Crippen LogP contribution in [0.25, 0.3) is 0 Å². The zero-order chi connectivity index (χ0) is 49.5. The molecule has 0 N–H and O–H groups in total. The van der Waals surface area contributed by atoms with Gasteiger partial charge in [-0.3, -0.25) is 14.4 Å². The van der Waals surface area contributed by atoms with Crippen LogP contribution in [-0.2, 0) is 28.6 Å². The van der Waals surface area contributed by atoms with Gasteiger partial charge < -0.3 is 14.2 Å². The molecular weight excluding hydrogens is 841 g/mol. The lowest BCUT2D eigenvalue weighted by atomic mass is 10.0. The molecule has 0 spiro atoms.